The molecule has 0 saturated carbocycles. The number of benzene rings is 10. The Hall–Kier alpha value is -8.93. The highest BCUT2D eigenvalue weighted by molar-refractivity contribution is 6.12. The van der Waals surface area contributed by atoms with Gasteiger partial charge in [-0.3, -0.25) is 0 Å². The highest BCUT2D eigenvalue weighted by Crippen LogP contribution is 2.43. The summed E-state index contributed by atoms with van der Waals surface area (Å²) in [7, 11) is 0. The fourth-order valence-electron chi connectivity index (χ4n) is 9.52. The quantitative estimate of drug-likeness (QED) is 0.137. The molecule has 0 spiro atoms. The highest BCUT2D eigenvalue weighted by atomic mass is 16.3. The molecule has 5 heteroatoms. The predicted molar refractivity (Wildman–Crippen MR) is 279 cm³/mol. The zero-order valence-corrected chi connectivity index (χ0v) is 36.9. The lowest BCUT2D eigenvalue weighted by molar-refractivity contribution is 0.620. The summed E-state index contributed by atoms with van der Waals surface area (Å²) in [5, 5.41) is 2.34. The Morgan fingerprint density at radius 3 is 1.31 bits per heavy atom. The van der Waals surface area contributed by atoms with Crippen LogP contribution in [0.5, 0.6) is 0 Å². The Bertz CT molecular complexity index is 3460. The second-order valence-corrected chi connectivity index (χ2v) is 16.9. The molecule has 0 aliphatic carbocycles. The van der Waals surface area contributed by atoms with Gasteiger partial charge in [0.05, 0.1) is 11.0 Å². The summed E-state index contributed by atoms with van der Waals surface area (Å²) < 4.78 is 8.63. The van der Waals surface area contributed by atoms with Gasteiger partial charge < -0.3 is 18.8 Å². The number of para-hydroxylation sites is 4. The van der Waals surface area contributed by atoms with Crippen LogP contribution in [-0.2, 0) is 0 Å². The molecule has 2 heterocycles. The average molecular weight is 861 g/mol. The zero-order chi connectivity index (χ0) is 44.7. The molecule has 67 heavy (non-hydrogen) atoms. The van der Waals surface area contributed by atoms with E-state index in [0.717, 1.165) is 78.6 Å². The second kappa shape index (κ2) is 16.9. The van der Waals surface area contributed by atoms with Gasteiger partial charge in [0.2, 0.25) is 5.89 Å². The van der Waals surface area contributed by atoms with Crippen molar-refractivity contribution in [2.24, 2.45) is 0 Å². The Morgan fingerprint density at radius 1 is 0.373 bits per heavy atom. The molecule has 10 aromatic carbocycles. The van der Waals surface area contributed by atoms with Crippen molar-refractivity contribution < 1.29 is 4.42 Å². The fraction of sp³-hybridized carbons (Fsp3) is 0.0161. The van der Waals surface area contributed by atoms with Crippen LogP contribution < -0.4 is 9.80 Å². The molecule has 0 atom stereocenters. The molecule has 0 aliphatic heterocycles. The number of aromatic nitrogens is 2. The van der Waals surface area contributed by atoms with Crippen LogP contribution in [0.25, 0.3) is 72.3 Å². The minimum absolute atomic E-state index is 0.633. The smallest absolute Gasteiger partial charge is 0.227 e. The van der Waals surface area contributed by atoms with Crippen LogP contribution in [0.3, 0.4) is 0 Å². The van der Waals surface area contributed by atoms with E-state index in [1.54, 1.807) is 0 Å². The van der Waals surface area contributed by atoms with Crippen molar-refractivity contribution in [2.75, 3.05) is 9.80 Å². The number of oxazole rings is 1. The SMILES string of the molecule is Cc1cc(-c2ccc3nc(-c4ccccc4)oc3c2)ccc1-c1ccc(-n2c3ccc(N(c4ccccc4)c4ccccc4)cc3c3cc(N(c4ccccc4)c4ccccc4)ccc32)cc1. The van der Waals surface area contributed by atoms with Gasteiger partial charge in [0.25, 0.3) is 0 Å². The lowest BCUT2D eigenvalue weighted by atomic mass is 9.95. The van der Waals surface area contributed by atoms with E-state index >= 15 is 0 Å². The number of nitrogens with zero attached hydrogens (tertiary/aromatic N) is 4. The number of hydrogen-bond donors (Lipinski definition) is 0. The molecule has 0 N–H and O–H groups in total. The van der Waals surface area contributed by atoms with Crippen molar-refractivity contribution in [1.29, 1.82) is 0 Å². The minimum Gasteiger partial charge on any atom is -0.436 e. The van der Waals surface area contributed by atoms with Gasteiger partial charge in [-0.2, -0.15) is 0 Å². The van der Waals surface area contributed by atoms with Crippen LogP contribution in [0, 0.1) is 6.92 Å². The molecule has 0 unspecified atom stereocenters. The van der Waals surface area contributed by atoms with E-state index in [2.05, 4.69) is 234 Å². The van der Waals surface area contributed by atoms with E-state index < -0.39 is 0 Å². The molecule has 0 radical (unpaired) electrons. The molecule has 318 valence electrons. The maximum atomic E-state index is 6.22. The molecular formula is C62H44N4O. The maximum absolute atomic E-state index is 6.22. The predicted octanol–water partition coefficient (Wildman–Crippen LogP) is 17.2. The minimum atomic E-state index is 0.633. The van der Waals surface area contributed by atoms with Crippen molar-refractivity contribution in [3.8, 4) is 39.4 Å². The largest absolute Gasteiger partial charge is 0.436 e. The summed E-state index contributed by atoms with van der Waals surface area (Å²) in [5.41, 5.74) is 18.3. The molecule has 5 nitrogen and oxygen atoms in total. The molecule has 0 bridgehead atoms. The first-order valence-corrected chi connectivity index (χ1v) is 22.7. The summed E-state index contributed by atoms with van der Waals surface area (Å²) in [6.45, 7) is 2.19. The third-order valence-corrected chi connectivity index (χ3v) is 12.7. The van der Waals surface area contributed by atoms with Gasteiger partial charge in [-0.25, -0.2) is 4.98 Å². The van der Waals surface area contributed by atoms with Gasteiger partial charge >= 0.3 is 0 Å². The summed E-state index contributed by atoms with van der Waals surface area (Å²) in [5.74, 6) is 0.633. The first kappa shape index (κ1) is 39.6. The van der Waals surface area contributed by atoms with Gasteiger partial charge in [0.1, 0.15) is 5.52 Å². The lowest BCUT2D eigenvalue weighted by Crippen LogP contribution is -2.09. The van der Waals surface area contributed by atoms with Gasteiger partial charge in [-0.1, -0.05) is 127 Å². The van der Waals surface area contributed by atoms with E-state index in [1.807, 2.05) is 36.4 Å². The molecule has 12 aromatic rings. The van der Waals surface area contributed by atoms with Crippen molar-refractivity contribution in [2.45, 2.75) is 6.92 Å². The summed E-state index contributed by atoms with van der Waals surface area (Å²) >= 11 is 0. The molecule has 2 aromatic heterocycles. The number of anilines is 6. The van der Waals surface area contributed by atoms with E-state index in [0.29, 0.717) is 5.89 Å². The molecule has 0 aliphatic rings. The van der Waals surface area contributed by atoms with Gasteiger partial charge in [-0.15, -0.1) is 0 Å². The maximum Gasteiger partial charge on any atom is 0.227 e. The first-order chi connectivity index (χ1) is 33.1. The van der Waals surface area contributed by atoms with Crippen LogP contribution >= 0.6 is 0 Å². The number of aryl methyl sites for hydroxylation is 1. The summed E-state index contributed by atoms with van der Waals surface area (Å²) in [4.78, 5) is 9.42. The Balaban J connectivity index is 0.953. The van der Waals surface area contributed by atoms with Crippen molar-refractivity contribution >= 4 is 67.0 Å². The molecule has 0 amide bonds. The average Bonchev–Trinajstić information content (AvgIpc) is 3.97. The summed E-state index contributed by atoms with van der Waals surface area (Å²) in [6, 6.07) is 88.3. The number of hydrogen-bond acceptors (Lipinski definition) is 4. The standard InChI is InChI=1S/C62H44N4O/c1-43-39-46(47-30-36-58-61(40-47)67-62(63-58)45-17-7-2-8-18-45)29-35-55(43)44-27-31-52(32-28-44)66-59-37-33-53(64(48-19-9-3-10-20-48)49-21-11-4-12-22-49)41-56(59)57-42-54(34-38-60(57)66)65(50-23-13-5-14-24-50)51-25-15-6-16-26-51/h2-42H,1H3. The molecule has 0 fully saturated rings. The van der Waals surface area contributed by atoms with E-state index in [-0.39, 0.29) is 0 Å². The van der Waals surface area contributed by atoms with Crippen molar-refractivity contribution in [1.82, 2.24) is 9.55 Å². The molecule has 12 rings (SSSR count). The van der Waals surface area contributed by atoms with Crippen LogP contribution in [0.1, 0.15) is 5.56 Å². The first-order valence-electron chi connectivity index (χ1n) is 22.7. The normalized spacial score (nSPS) is 11.4. The second-order valence-electron chi connectivity index (χ2n) is 16.9. The van der Waals surface area contributed by atoms with E-state index in [9.17, 15) is 0 Å². The Kier molecular flexibility index (Phi) is 9.99. The zero-order valence-electron chi connectivity index (χ0n) is 36.9. The summed E-state index contributed by atoms with van der Waals surface area (Å²) in [6.07, 6.45) is 0. The van der Waals surface area contributed by atoms with E-state index in [4.69, 9.17) is 9.40 Å². The van der Waals surface area contributed by atoms with Gasteiger partial charge in [0.15, 0.2) is 5.58 Å². The fourth-order valence-corrected chi connectivity index (χ4v) is 9.52. The number of rotatable bonds is 10. The molecular weight excluding hydrogens is 817 g/mol. The van der Waals surface area contributed by atoms with Crippen LogP contribution in [-0.4, -0.2) is 9.55 Å². The monoisotopic (exact) mass is 860 g/mol. The highest BCUT2D eigenvalue weighted by Gasteiger charge is 2.20. The third kappa shape index (κ3) is 7.39. The van der Waals surface area contributed by atoms with Crippen molar-refractivity contribution in [3.05, 3.63) is 254 Å². The van der Waals surface area contributed by atoms with E-state index in [1.165, 1.54) is 27.5 Å². The Labute approximate surface area is 389 Å². The van der Waals surface area contributed by atoms with Crippen molar-refractivity contribution in [3.63, 3.8) is 0 Å². The lowest BCUT2D eigenvalue weighted by Gasteiger charge is -2.26. The van der Waals surface area contributed by atoms with Gasteiger partial charge in [-0.05, 0) is 156 Å². The number of fused-ring (bicyclic) bond motifs is 4. The third-order valence-electron chi connectivity index (χ3n) is 12.7. The molecule has 0 saturated heterocycles. The topological polar surface area (TPSA) is 37.4 Å². The van der Waals surface area contributed by atoms with Crippen LogP contribution in [0.4, 0.5) is 34.1 Å². The van der Waals surface area contributed by atoms with Gasteiger partial charge in [0, 0.05) is 56.1 Å². The van der Waals surface area contributed by atoms with Crippen LogP contribution in [0.15, 0.2) is 253 Å². The Morgan fingerprint density at radius 2 is 0.821 bits per heavy atom. The van der Waals surface area contributed by atoms with Crippen LogP contribution in [0.2, 0.25) is 0 Å².